The van der Waals surface area contributed by atoms with Gasteiger partial charge < -0.3 is 4.90 Å². The van der Waals surface area contributed by atoms with E-state index in [9.17, 15) is 14.4 Å². The number of para-hydroxylation sites is 1. The van der Waals surface area contributed by atoms with Gasteiger partial charge in [-0.3, -0.25) is 19.3 Å². The quantitative estimate of drug-likeness (QED) is 0.548. The topological polar surface area (TPSA) is 57.7 Å². The van der Waals surface area contributed by atoms with E-state index in [2.05, 4.69) is 0 Å². The predicted molar refractivity (Wildman–Crippen MR) is 122 cm³/mol. The van der Waals surface area contributed by atoms with Crippen LogP contribution in [0.3, 0.4) is 0 Å². The molecule has 0 radical (unpaired) electrons. The number of rotatable bonds is 3. The Bertz CT molecular complexity index is 1120. The van der Waals surface area contributed by atoms with E-state index < -0.39 is 17.9 Å². The summed E-state index contributed by atoms with van der Waals surface area (Å²) < 4.78 is 0. The summed E-state index contributed by atoms with van der Waals surface area (Å²) in [5.41, 5.74) is 2.52. The molecule has 0 bridgehead atoms. The summed E-state index contributed by atoms with van der Waals surface area (Å²) in [5, 5.41) is 0. The molecule has 2 amide bonds. The Balaban J connectivity index is 1.46. The predicted octanol–water partition coefficient (Wildman–Crippen LogP) is 4.09. The van der Waals surface area contributed by atoms with Gasteiger partial charge in [0.1, 0.15) is 6.04 Å². The molecule has 5 heteroatoms. The van der Waals surface area contributed by atoms with Crippen LogP contribution in [0.25, 0.3) is 6.08 Å². The summed E-state index contributed by atoms with van der Waals surface area (Å²) in [6.07, 6.45) is 9.06. The normalized spacial score (nSPS) is 29.1. The number of amides is 2. The molecule has 32 heavy (non-hydrogen) atoms. The lowest BCUT2D eigenvalue weighted by molar-refractivity contribution is -0.143. The zero-order valence-electron chi connectivity index (χ0n) is 17.9. The molecule has 0 spiro atoms. The Morgan fingerprint density at radius 2 is 1.50 bits per heavy atom. The molecular formula is C27H26N2O3. The van der Waals surface area contributed by atoms with Crippen molar-refractivity contribution in [2.45, 2.75) is 50.2 Å². The minimum atomic E-state index is -0.677. The van der Waals surface area contributed by atoms with Gasteiger partial charge >= 0.3 is 0 Å². The number of benzene rings is 2. The summed E-state index contributed by atoms with van der Waals surface area (Å²) in [5.74, 6) is -1.47. The fraction of sp³-hybridized carbons (Fsp3) is 0.370. The van der Waals surface area contributed by atoms with Crippen LogP contribution >= 0.6 is 0 Å². The second-order valence-corrected chi connectivity index (χ2v) is 9.38. The maximum absolute atomic E-state index is 13.8. The summed E-state index contributed by atoms with van der Waals surface area (Å²) in [6, 6.07) is 16.1. The molecule has 1 aliphatic carbocycles. The fourth-order valence-corrected chi connectivity index (χ4v) is 6.31. The average Bonchev–Trinajstić information content (AvgIpc) is 3.32. The molecule has 4 aliphatic rings. The van der Waals surface area contributed by atoms with E-state index >= 15 is 0 Å². The number of hydrogen-bond acceptors (Lipinski definition) is 4. The monoisotopic (exact) mass is 426 g/mol. The molecule has 0 unspecified atom stereocenters. The smallest absolute Gasteiger partial charge is 0.236 e. The third-order valence-electron chi connectivity index (χ3n) is 7.72. The summed E-state index contributed by atoms with van der Waals surface area (Å²) in [7, 11) is 0. The number of likely N-dealkylation sites (tertiary alicyclic amines) is 1. The number of fused-ring (bicyclic) bond motifs is 5. The van der Waals surface area contributed by atoms with Crippen LogP contribution in [0, 0.1) is 11.8 Å². The first-order chi connectivity index (χ1) is 15.7. The fourth-order valence-electron chi connectivity index (χ4n) is 6.31. The van der Waals surface area contributed by atoms with Crippen LogP contribution in [0.5, 0.6) is 0 Å². The van der Waals surface area contributed by atoms with Crippen molar-refractivity contribution in [3.05, 3.63) is 71.8 Å². The van der Waals surface area contributed by atoms with E-state index in [-0.39, 0.29) is 29.7 Å². The Hall–Kier alpha value is -3.21. The molecular weight excluding hydrogens is 400 g/mol. The first-order valence-corrected chi connectivity index (χ1v) is 11.7. The minimum Gasteiger partial charge on any atom is -0.352 e. The van der Waals surface area contributed by atoms with Crippen molar-refractivity contribution in [2.75, 3.05) is 4.90 Å². The van der Waals surface area contributed by atoms with Gasteiger partial charge in [0.25, 0.3) is 0 Å². The van der Waals surface area contributed by atoms with Crippen LogP contribution in [0.4, 0.5) is 5.69 Å². The molecule has 3 heterocycles. The van der Waals surface area contributed by atoms with Gasteiger partial charge in [-0.05, 0) is 24.5 Å². The molecule has 1 saturated carbocycles. The lowest BCUT2D eigenvalue weighted by atomic mass is 9.86. The van der Waals surface area contributed by atoms with Gasteiger partial charge in [-0.1, -0.05) is 79.9 Å². The van der Waals surface area contributed by atoms with Gasteiger partial charge in [-0.2, -0.15) is 0 Å². The van der Waals surface area contributed by atoms with Crippen molar-refractivity contribution in [2.24, 2.45) is 11.8 Å². The van der Waals surface area contributed by atoms with Gasteiger partial charge in [-0.15, -0.1) is 0 Å². The maximum atomic E-state index is 13.8. The Morgan fingerprint density at radius 1 is 0.812 bits per heavy atom. The molecule has 0 aromatic heterocycles. The second-order valence-electron chi connectivity index (χ2n) is 9.38. The largest absolute Gasteiger partial charge is 0.352 e. The number of hydrogen-bond donors (Lipinski definition) is 0. The van der Waals surface area contributed by atoms with E-state index in [0.717, 1.165) is 43.4 Å². The Morgan fingerprint density at radius 3 is 2.28 bits per heavy atom. The standard InChI is InChI=1S/C27H26N2O3/c30-25(18-10-3-1-4-11-18)24-23-22(21-16-15-17-9-7-8-14-20(17)29(21)24)26(31)28(27(23)32)19-12-5-2-6-13-19/h1,3-4,7-11,14-16,19,21-24H,2,5-6,12-13H2/t21-,22-,23-,24+/m0/s1. The highest BCUT2D eigenvalue weighted by Crippen LogP contribution is 2.50. The van der Waals surface area contributed by atoms with Crippen LogP contribution in [-0.4, -0.2) is 40.6 Å². The second kappa shape index (κ2) is 7.44. The minimum absolute atomic E-state index is 0.0184. The molecule has 2 saturated heterocycles. The van der Waals surface area contributed by atoms with Crippen molar-refractivity contribution < 1.29 is 14.4 Å². The van der Waals surface area contributed by atoms with Crippen LogP contribution < -0.4 is 4.90 Å². The van der Waals surface area contributed by atoms with Gasteiger partial charge in [-0.25, -0.2) is 0 Å². The summed E-state index contributed by atoms with van der Waals surface area (Å²) >= 11 is 0. The summed E-state index contributed by atoms with van der Waals surface area (Å²) in [4.78, 5) is 44.9. The molecule has 4 atom stereocenters. The number of anilines is 1. The third-order valence-corrected chi connectivity index (χ3v) is 7.72. The molecule has 5 nitrogen and oxygen atoms in total. The molecule has 2 aromatic carbocycles. The van der Waals surface area contributed by atoms with Gasteiger partial charge in [0.2, 0.25) is 11.8 Å². The number of ketones is 1. The van der Waals surface area contributed by atoms with E-state index in [0.29, 0.717) is 5.56 Å². The van der Waals surface area contributed by atoms with Crippen LogP contribution in [0.15, 0.2) is 60.7 Å². The Kier molecular flexibility index (Phi) is 4.53. The van der Waals surface area contributed by atoms with E-state index in [1.807, 2.05) is 59.5 Å². The molecule has 3 fully saturated rings. The van der Waals surface area contributed by atoms with Crippen LogP contribution in [-0.2, 0) is 9.59 Å². The summed E-state index contributed by atoms with van der Waals surface area (Å²) in [6.45, 7) is 0. The van der Waals surface area contributed by atoms with Crippen LogP contribution in [0.2, 0.25) is 0 Å². The first kappa shape index (κ1) is 19.5. The van der Waals surface area contributed by atoms with Crippen molar-refractivity contribution in [3.8, 4) is 0 Å². The number of nitrogens with zero attached hydrogens (tertiary/aromatic N) is 2. The molecule has 2 aromatic rings. The SMILES string of the molecule is O=C(c1ccccc1)[C@H]1[C@H]2C(=O)N(C3CCCCC3)C(=O)[C@H]2[C@@H]2C=Cc3ccccc3N21. The van der Waals surface area contributed by atoms with E-state index in [4.69, 9.17) is 0 Å². The van der Waals surface area contributed by atoms with E-state index in [1.54, 1.807) is 17.0 Å². The van der Waals surface area contributed by atoms with Crippen molar-refractivity contribution in [1.29, 1.82) is 0 Å². The highest BCUT2D eigenvalue weighted by atomic mass is 16.2. The number of Topliss-reactive ketones (excluding diaryl/α,β-unsaturated/α-hetero) is 1. The Labute approximate surface area is 187 Å². The van der Waals surface area contributed by atoms with Crippen LogP contribution in [0.1, 0.15) is 48.0 Å². The zero-order chi connectivity index (χ0) is 21.8. The molecule has 6 rings (SSSR count). The van der Waals surface area contributed by atoms with Gasteiger partial charge in [0.15, 0.2) is 5.78 Å². The third kappa shape index (κ3) is 2.73. The first-order valence-electron chi connectivity index (χ1n) is 11.7. The van der Waals surface area contributed by atoms with Gasteiger partial charge in [0, 0.05) is 17.3 Å². The molecule has 162 valence electrons. The number of carbonyl (C=O) groups is 3. The molecule has 0 N–H and O–H groups in total. The number of carbonyl (C=O) groups excluding carboxylic acids is 3. The average molecular weight is 427 g/mol. The van der Waals surface area contributed by atoms with Crippen molar-refractivity contribution >= 4 is 29.4 Å². The lowest BCUT2D eigenvalue weighted by Crippen LogP contribution is -2.51. The van der Waals surface area contributed by atoms with Crippen molar-refractivity contribution in [3.63, 3.8) is 0 Å². The maximum Gasteiger partial charge on any atom is 0.236 e. The molecule has 3 aliphatic heterocycles. The zero-order valence-corrected chi connectivity index (χ0v) is 17.9. The number of imide groups is 1. The highest BCUT2D eigenvalue weighted by Gasteiger charge is 2.64. The van der Waals surface area contributed by atoms with Crippen molar-refractivity contribution in [1.82, 2.24) is 4.90 Å². The van der Waals surface area contributed by atoms with Gasteiger partial charge in [0.05, 0.1) is 17.9 Å². The highest BCUT2D eigenvalue weighted by molar-refractivity contribution is 6.14. The lowest BCUT2D eigenvalue weighted by Gasteiger charge is -2.38. The van der Waals surface area contributed by atoms with E-state index in [1.165, 1.54) is 0 Å².